The lowest BCUT2D eigenvalue weighted by Gasteiger charge is -2.07. The fourth-order valence-corrected chi connectivity index (χ4v) is 2.99. The number of fused-ring (bicyclic) bond motifs is 1. The fraction of sp³-hybridized carbons (Fsp3) is 0.125. The van der Waals surface area contributed by atoms with E-state index in [4.69, 9.17) is 4.74 Å². The first-order chi connectivity index (χ1) is 10.3. The maximum Gasteiger partial charge on any atom is 0.258 e. The molecule has 0 saturated carbocycles. The average molecular weight is 298 g/mol. The Morgan fingerprint density at radius 1 is 1.19 bits per heavy atom. The van der Waals surface area contributed by atoms with E-state index in [-0.39, 0.29) is 5.56 Å². The Morgan fingerprint density at radius 3 is 2.86 bits per heavy atom. The van der Waals surface area contributed by atoms with Gasteiger partial charge in [-0.1, -0.05) is 18.2 Å². The van der Waals surface area contributed by atoms with Gasteiger partial charge in [0.15, 0.2) is 0 Å². The summed E-state index contributed by atoms with van der Waals surface area (Å²) in [5.41, 5.74) is 1.37. The van der Waals surface area contributed by atoms with Crippen molar-refractivity contribution >= 4 is 17.4 Å². The van der Waals surface area contributed by atoms with Gasteiger partial charge in [0.2, 0.25) is 0 Å². The lowest BCUT2D eigenvalue weighted by atomic mass is 10.3. The molecule has 0 N–H and O–H groups in total. The molecule has 0 spiro atoms. The molecule has 0 aliphatic rings. The predicted molar refractivity (Wildman–Crippen MR) is 84.0 cm³/mol. The molecule has 106 valence electrons. The zero-order valence-corrected chi connectivity index (χ0v) is 12.3. The van der Waals surface area contributed by atoms with Crippen molar-refractivity contribution in [3.8, 4) is 5.75 Å². The van der Waals surface area contributed by atoms with Crippen LogP contribution >= 0.6 is 11.8 Å². The van der Waals surface area contributed by atoms with Gasteiger partial charge in [0.05, 0.1) is 12.8 Å². The van der Waals surface area contributed by atoms with Crippen LogP contribution in [0.25, 0.3) is 5.65 Å². The maximum absolute atomic E-state index is 12.0. The third-order valence-electron chi connectivity index (χ3n) is 3.07. The molecule has 0 amide bonds. The lowest BCUT2D eigenvalue weighted by molar-refractivity contribution is 0.405. The average Bonchev–Trinajstić information content (AvgIpc) is 2.53. The minimum Gasteiger partial charge on any atom is -0.496 e. The largest absolute Gasteiger partial charge is 0.496 e. The highest BCUT2D eigenvalue weighted by Crippen LogP contribution is 2.30. The lowest BCUT2D eigenvalue weighted by Crippen LogP contribution is -2.14. The second-order valence-electron chi connectivity index (χ2n) is 4.45. The monoisotopic (exact) mass is 298 g/mol. The van der Waals surface area contributed by atoms with Crippen LogP contribution < -0.4 is 10.3 Å². The molecule has 21 heavy (non-hydrogen) atoms. The first-order valence-electron chi connectivity index (χ1n) is 6.51. The molecule has 4 nitrogen and oxygen atoms in total. The molecule has 5 heteroatoms. The number of benzene rings is 1. The van der Waals surface area contributed by atoms with Crippen molar-refractivity contribution in [2.75, 3.05) is 7.11 Å². The van der Waals surface area contributed by atoms with Gasteiger partial charge in [-0.15, -0.1) is 11.8 Å². The SMILES string of the molecule is COc1ccccc1SCc1cc(=O)n2ccccc2n1. The zero-order chi connectivity index (χ0) is 14.7. The van der Waals surface area contributed by atoms with Crippen LogP contribution in [0.15, 0.2) is 64.4 Å². The number of nitrogens with zero attached hydrogens (tertiary/aromatic N) is 2. The molecule has 0 radical (unpaired) electrons. The second-order valence-corrected chi connectivity index (χ2v) is 5.47. The van der Waals surface area contributed by atoms with E-state index < -0.39 is 0 Å². The number of hydrogen-bond donors (Lipinski definition) is 0. The minimum atomic E-state index is -0.0590. The third kappa shape index (κ3) is 2.92. The summed E-state index contributed by atoms with van der Waals surface area (Å²) in [6.07, 6.45) is 1.72. The van der Waals surface area contributed by atoms with Gasteiger partial charge in [-0.3, -0.25) is 9.20 Å². The van der Waals surface area contributed by atoms with Crippen LogP contribution in [-0.2, 0) is 5.75 Å². The van der Waals surface area contributed by atoms with Crippen molar-refractivity contribution in [2.24, 2.45) is 0 Å². The van der Waals surface area contributed by atoms with Crippen molar-refractivity contribution in [3.05, 3.63) is 70.8 Å². The summed E-state index contributed by atoms with van der Waals surface area (Å²) >= 11 is 1.61. The first-order valence-corrected chi connectivity index (χ1v) is 7.49. The van der Waals surface area contributed by atoms with Gasteiger partial charge in [-0.2, -0.15) is 0 Å². The molecule has 0 unspecified atom stereocenters. The van der Waals surface area contributed by atoms with Crippen molar-refractivity contribution < 1.29 is 4.74 Å². The Balaban J connectivity index is 1.87. The summed E-state index contributed by atoms with van der Waals surface area (Å²) in [6.45, 7) is 0. The van der Waals surface area contributed by atoms with E-state index in [0.29, 0.717) is 11.4 Å². The predicted octanol–water partition coefficient (Wildman–Crippen LogP) is 3.00. The number of methoxy groups -OCH3 is 1. The van der Waals surface area contributed by atoms with Crippen LogP contribution in [0, 0.1) is 0 Å². The Labute approximate surface area is 126 Å². The molecule has 0 atom stereocenters. The number of ether oxygens (including phenoxy) is 1. The Kier molecular flexibility index (Phi) is 3.92. The molecule has 0 saturated heterocycles. The molecule has 3 aromatic rings. The molecule has 2 aromatic heterocycles. The summed E-state index contributed by atoms with van der Waals surface area (Å²) in [5.74, 6) is 1.46. The van der Waals surface area contributed by atoms with Crippen molar-refractivity contribution in [3.63, 3.8) is 0 Å². The Bertz CT molecular complexity index is 830. The number of rotatable bonds is 4. The first kappa shape index (κ1) is 13.7. The highest BCUT2D eigenvalue weighted by molar-refractivity contribution is 7.98. The number of para-hydroxylation sites is 1. The van der Waals surface area contributed by atoms with Crippen LogP contribution in [-0.4, -0.2) is 16.5 Å². The number of aromatic nitrogens is 2. The van der Waals surface area contributed by atoms with Gasteiger partial charge in [0.1, 0.15) is 11.4 Å². The van der Waals surface area contributed by atoms with E-state index in [9.17, 15) is 4.79 Å². The molecule has 3 rings (SSSR count). The number of thioether (sulfide) groups is 1. The standard InChI is InChI=1S/C16H14N2O2S/c1-20-13-6-2-3-7-14(13)21-11-12-10-16(19)18-9-5-4-8-15(18)17-12/h2-10H,11H2,1H3. The smallest absolute Gasteiger partial charge is 0.258 e. The van der Waals surface area contributed by atoms with Gasteiger partial charge in [-0.05, 0) is 24.3 Å². The van der Waals surface area contributed by atoms with E-state index in [0.717, 1.165) is 16.3 Å². The van der Waals surface area contributed by atoms with Crippen molar-refractivity contribution in [1.29, 1.82) is 0 Å². The molecular formula is C16H14N2O2S. The zero-order valence-electron chi connectivity index (χ0n) is 11.5. The number of hydrogen-bond acceptors (Lipinski definition) is 4. The highest BCUT2D eigenvalue weighted by atomic mass is 32.2. The van der Waals surface area contributed by atoms with Gasteiger partial charge in [0, 0.05) is 22.9 Å². The molecule has 2 heterocycles. The number of pyridine rings is 1. The Hall–Kier alpha value is -2.27. The summed E-state index contributed by atoms with van der Waals surface area (Å²) in [7, 11) is 1.65. The van der Waals surface area contributed by atoms with Gasteiger partial charge in [0.25, 0.3) is 5.56 Å². The summed E-state index contributed by atoms with van der Waals surface area (Å²) in [6, 6.07) is 14.9. The summed E-state index contributed by atoms with van der Waals surface area (Å²) in [4.78, 5) is 17.6. The summed E-state index contributed by atoms with van der Waals surface area (Å²) in [5, 5.41) is 0. The summed E-state index contributed by atoms with van der Waals surface area (Å²) < 4.78 is 6.86. The quantitative estimate of drug-likeness (QED) is 0.695. The Morgan fingerprint density at radius 2 is 2.00 bits per heavy atom. The van der Waals surface area contributed by atoms with E-state index in [1.165, 1.54) is 4.40 Å². The second kappa shape index (κ2) is 6.01. The highest BCUT2D eigenvalue weighted by Gasteiger charge is 2.06. The van der Waals surface area contributed by atoms with Gasteiger partial charge in [-0.25, -0.2) is 4.98 Å². The molecule has 0 fully saturated rings. The third-order valence-corrected chi connectivity index (χ3v) is 4.16. The molecule has 0 aliphatic heterocycles. The molecular weight excluding hydrogens is 284 g/mol. The van der Waals surface area contributed by atoms with Gasteiger partial charge < -0.3 is 4.74 Å². The fourth-order valence-electron chi connectivity index (χ4n) is 2.07. The van der Waals surface area contributed by atoms with E-state index in [2.05, 4.69) is 4.98 Å². The molecule has 0 aliphatic carbocycles. The minimum absolute atomic E-state index is 0.0590. The van der Waals surface area contributed by atoms with Crippen LogP contribution in [0.2, 0.25) is 0 Å². The van der Waals surface area contributed by atoms with Crippen molar-refractivity contribution in [2.45, 2.75) is 10.6 Å². The topological polar surface area (TPSA) is 43.6 Å². The van der Waals surface area contributed by atoms with Crippen molar-refractivity contribution in [1.82, 2.24) is 9.38 Å². The van der Waals surface area contributed by atoms with Gasteiger partial charge >= 0.3 is 0 Å². The molecule has 0 bridgehead atoms. The van der Waals surface area contributed by atoms with E-state index in [1.807, 2.05) is 42.5 Å². The maximum atomic E-state index is 12.0. The van der Waals surface area contributed by atoms with Crippen LogP contribution in [0.3, 0.4) is 0 Å². The van der Waals surface area contributed by atoms with E-state index in [1.54, 1.807) is 31.1 Å². The molecule has 1 aromatic carbocycles. The normalized spacial score (nSPS) is 10.7. The van der Waals surface area contributed by atoms with E-state index >= 15 is 0 Å². The van der Waals surface area contributed by atoms with Crippen LogP contribution in [0.4, 0.5) is 0 Å². The van der Waals surface area contributed by atoms with Crippen LogP contribution in [0.1, 0.15) is 5.69 Å². The van der Waals surface area contributed by atoms with Crippen LogP contribution in [0.5, 0.6) is 5.75 Å².